The minimum atomic E-state index is -1.45. The molecule has 3 aliphatic rings. The Morgan fingerprint density at radius 1 is 0.795 bits per heavy atom. The van der Waals surface area contributed by atoms with E-state index in [0.717, 1.165) is 11.1 Å². The summed E-state index contributed by atoms with van der Waals surface area (Å²) in [5.41, 5.74) is 2.28. The van der Waals surface area contributed by atoms with E-state index in [4.69, 9.17) is 14.2 Å². The molecule has 1 saturated heterocycles. The van der Waals surface area contributed by atoms with Gasteiger partial charge in [-0.15, -0.1) is 0 Å². The lowest BCUT2D eigenvalue weighted by Gasteiger charge is -2.38. The largest absolute Gasteiger partial charge is 0.497 e. The molecule has 1 N–H and O–H groups in total. The lowest BCUT2D eigenvalue weighted by atomic mass is 9.62. The molecule has 8 heteroatoms. The summed E-state index contributed by atoms with van der Waals surface area (Å²) in [4.78, 5) is 46.5. The number of rotatable bonds is 7. The van der Waals surface area contributed by atoms with Crippen molar-refractivity contribution in [3.63, 3.8) is 0 Å². The van der Waals surface area contributed by atoms with Crippen molar-refractivity contribution >= 4 is 29.2 Å². The van der Waals surface area contributed by atoms with Crippen molar-refractivity contribution in [2.45, 2.75) is 17.5 Å². The number of amides is 1. The molecule has 0 aliphatic carbocycles. The van der Waals surface area contributed by atoms with E-state index >= 15 is 4.79 Å². The van der Waals surface area contributed by atoms with Gasteiger partial charge in [-0.25, -0.2) is 0 Å². The number of methoxy groups -OCH3 is 3. The average molecular weight is 587 g/mol. The van der Waals surface area contributed by atoms with Crippen molar-refractivity contribution in [1.82, 2.24) is 4.90 Å². The maximum absolute atomic E-state index is 15.1. The van der Waals surface area contributed by atoms with Crippen LogP contribution in [0.5, 0.6) is 17.2 Å². The number of benzene rings is 4. The summed E-state index contributed by atoms with van der Waals surface area (Å²) in [7, 11) is 4.55. The van der Waals surface area contributed by atoms with Gasteiger partial charge < -0.3 is 24.4 Å². The van der Waals surface area contributed by atoms with E-state index in [1.807, 2.05) is 65.7 Å². The molecule has 0 saturated carbocycles. The monoisotopic (exact) mass is 586 g/mol. The second-order valence-electron chi connectivity index (χ2n) is 11.1. The van der Waals surface area contributed by atoms with Crippen molar-refractivity contribution in [2.75, 3.05) is 26.6 Å². The Labute approximate surface area is 254 Å². The number of hydrogen-bond donors (Lipinski definition) is 1. The molecule has 44 heavy (non-hydrogen) atoms. The Morgan fingerprint density at radius 3 is 2.34 bits per heavy atom. The fourth-order valence-electron chi connectivity index (χ4n) is 7.28. The van der Waals surface area contributed by atoms with E-state index < -0.39 is 23.4 Å². The summed E-state index contributed by atoms with van der Waals surface area (Å²) in [6.45, 7) is 0. The van der Waals surface area contributed by atoms with Crippen molar-refractivity contribution in [2.24, 2.45) is 5.92 Å². The van der Waals surface area contributed by atoms with E-state index in [2.05, 4.69) is 5.32 Å². The normalized spacial score (nSPS) is 22.6. The number of para-hydroxylation sites is 1. The van der Waals surface area contributed by atoms with Crippen LogP contribution in [0.15, 0.2) is 97.2 Å². The summed E-state index contributed by atoms with van der Waals surface area (Å²) < 4.78 is 16.5. The van der Waals surface area contributed by atoms with Crippen LogP contribution in [-0.4, -0.2) is 49.7 Å². The van der Waals surface area contributed by atoms with Crippen LogP contribution in [-0.2, 0) is 10.2 Å². The minimum absolute atomic E-state index is 0.260. The van der Waals surface area contributed by atoms with Crippen LogP contribution in [0.1, 0.15) is 43.4 Å². The predicted octanol–water partition coefficient (Wildman–Crippen LogP) is 5.69. The second kappa shape index (κ2) is 10.4. The number of Topliss-reactive ketones (excluding diaryl/α,β-unsaturated/α-hetero) is 2. The lowest BCUT2D eigenvalue weighted by Crippen LogP contribution is -2.49. The summed E-state index contributed by atoms with van der Waals surface area (Å²) in [6.07, 6.45) is 3.79. The summed E-state index contributed by atoms with van der Waals surface area (Å²) in [6, 6.07) is 25.4. The summed E-state index contributed by atoms with van der Waals surface area (Å²) >= 11 is 0. The van der Waals surface area contributed by atoms with Gasteiger partial charge in [-0.2, -0.15) is 0 Å². The van der Waals surface area contributed by atoms with Crippen molar-refractivity contribution < 1.29 is 28.6 Å². The lowest BCUT2D eigenvalue weighted by molar-refractivity contribution is -0.122. The average Bonchev–Trinajstić information content (AvgIpc) is 3.55. The first kappa shape index (κ1) is 27.5. The number of anilines is 1. The van der Waals surface area contributed by atoms with Crippen LogP contribution in [0.3, 0.4) is 0 Å². The van der Waals surface area contributed by atoms with E-state index in [-0.39, 0.29) is 23.0 Å². The van der Waals surface area contributed by atoms with Crippen LogP contribution in [0.4, 0.5) is 5.69 Å². The van der Waals surface area contributed by atoms with Crippen LogP contribution >= 0.6 is 0 Å². The number of ketones is 2. The second-order valence-corrected chi connectivity index (χ2v) is 11.1. The molecule has 4 atom stereocenters. The molecule has 0 radical (unpaired) electrons. The highest BCUT2D eigenvalue weighted by atomic mass is 16.5. The number of fused-ring (bicyclic) bond motifs is 6. The quantitative estimate of drug-likeness (QED) is 0.278. The zero-order valence-electron chi connectivity index (χ0n) is 24.4. The molecule has 8 nitrogen and oxygen atoms in total. The van der Waals surface area contributed by atoms with Gasteiger partial charge in [-0.1, -0.05) is 54.6 Å². The van der Waals surface area contributed by atoms with Gasteiger partial charge in [0.05, 0.1) is 38.9 Å². The Morgan fingerprint density at radius 2 is 1.55 bits per heavy atom. The molecule has 1 fully saturated rings. The third-order valence-corrected chi connectivity index (χ3v) is 9.15. The number of nitrogens with zero attached hydrogens (tertiary/aromatic N) is 1. The third-order valence-electron chi connectivity index (χ3n) is 9.15. The van der Waals surface area contributed by atoms with Gasteiger partial charge in [0.1, 0.15) is 28.7 Å². The highest BCUT2D eigenvalue weighted by Gasteiger charge is 2.70. The first-order valence-corrected chi connectivity index (χ1v) is 14.3. The molecular formula is C36H30N2O6. The molecule has 4 aromatic carbocycles. The van der Waals surface area contributed by atoms with Gasteiger partial charge >= 0.3 is 0 Å². The van der Waals surface area contributed by atoms with Crippen molar-refractivity contribution in [1.29, 1.82) is 0 Å². The number of carbonyl (C=O) groups excluding carboxylic acids is 3. The van der Waals surface area contributed by atoms with Gasteiger partial charge in [0.25, 0.3) is 0 Å². The smallest absolute Gasteiger partial charge is 0.238 e. The Bertz CT molecular complexity index is 1870. The highest BCUT2D eigenvalue weighted by Crippen LogP contribution is 2.62. The first-order valence-electron chi connectivity index (χ1n) is 14.3. The maximum atomic E-state index is 15.1. The standard InChI is InChI=1S/C36H30N2O6/c1-42-23-11-8-10-22(19-23)32(39)31-30(33(40)26-16-15-24(43-2)20-29(26)44-3)36(27-13-6-7-14-28(27)37-35(36)41)34-25-12-5-4-9-21(25)17-18-38(31)34/h4-20,30-31,34H,1-3H3,(H,37,41)/t30-,31+,34+,36-/m1/s1. The van der Waals surface area contributed by atoms with Gasteiger partial charge in [0.2, 0.25) is 5.91 Å². The van der Waals surface area contributed by atoms with Gasteiger partial charge in [-0.3, -0.25) is 14.4 Å². The van der Waals surface area contributed by atoms with Crippen LogP contribution in [0.25, 0.3) is 6.08 Å². The molecule has 0 bridgehead atoms. The van der Waals surface area contributed by atoms with Crippen LogP contribution in [0.2, 0.25) is 0 Å². The molecule has 1 amide bonds. The van der Waals surface area contributed by atoms with E-state index in [9.17, 15) is 9.59 Å². The Kier molecular flexibility index (Phi) is 6.50. The minimum Gasteiger partial charge on any atom is -0.497 e. The zero-order chi connectivity index (χ0) is 30.6. The Balaban J connectivity index is 1.53. The number of nitrogens with one attached hydrogen (secondary N) is 1. The zero-order valence-corrected chi connectivity index (χ0v) is 24.4. The molecule has 0 unspecified atom stereocenters. The van der Waals surface area contributed by atoms with Gasteiger partial charge in [-0.05, 0) is 53.1 Å². The molecule has 3 heterocycles. The molecule has 4 aromatic rings. The SMILES string of the molecule is COc1cccc(C(=O)[C@@H]2[C@H](C(=O)c3ccc(OC)cc3OC)[C@@]3(C(=O)Nc4ccccc43)[C@@H]3c4ccccc4C=CN23)c1. The topological polar surface area (TPSA) is 94.2 Å². The fourth-order valence-corrected chi connectivity index (χ4v) is 7.28. The summed E-state index contributed by atoms with van der Waals surface area (Å²) in [5.74, 6) is -0.802. The molecule has 3 aliphatic heterocycles. The van der Waals surface area contributed by atoms with Crippen molar-refractivity contribution in [3.05, 3.63) is 125 Å². The number of hydrogen-bond acceptors (Lipinski definition) is 7. The highest BCUT2D eigenvalue weighted by molar-refractivity contribution is 6.17. The first-order chi connectivity index (χ1) is 21.4. The van der Waals surface area contributed by atoms with E-state index in [0.29, 0.717) is 34.1 Å². The van der Waals surface area contributed by atoms with Gasteiger partial charge in [0, 0.05) is 23.5 Å². The molecular weight excluding hydrogens is 556 g/mol. The van der Waals surface area contributed by atoms with E-state index in [1.54, 1.807) is 42.5 Å². The molecule has 0 aromatic heterocycles. The fraction of sp³-hybridized carbons (Fsp3) is 0.194. The molecule has 7 rings (SSSR count). The number of carbonyl (C=O) groups is 3. The predicted molar refractivity (Wildman–Crippen MR) is 165 cm³/mol. The maximum Gasteiger partial charge on any atom is 0.238 e. The molecule has 1 spiro atoms. The molecule has 220 valence electrons. The van der Waals surface area contributed by atoms with Gasteiger partial charge in [0.15, 0.2) is 11.6 Å². The van der Waals surface area contributed by atoms with Crippen LogP contribution in [0, 0.1) is 5.92 Å². The van der Waals surface area contributed by atoms with E-state index in [1.165, 1.54) is 21.3 Å². The number of ether oxygens (including phenoxy) is 3. The Hall–Kier alpha value is -5.37. The van der Waals surface area contributed by atoms with Crippen LogP contribution < -0.4 is 19.5 Å². The van der Waals surface area contributed by atoms with Crippen molar-refractivity contribution in [3.8, 4) is 17.2 Å². The third kappa shape index (κ3) is 3.80. The summed E-state index contributed by atoms with van der Waals surface area (Å²) in [5, 5.41) is 3.07.